The topological polar surface area (TPSA) is 73.4 Å². The molecule has 0 saturated carbocycles. The van der Waals surface area contributed by atoms with Gasteiger partial charge in [-0.05, 0) is 175 Å². The first-order valence-corrected chi connectivity index (χ1v) is 26.2. The molecular weight excluding hydrogens is 885 g/mol. The van der Waals surface area contributed by atoms with E-state index in [1.54, 1.807) is 11.3 Å². The van der Waals surface area contributed by atoms with Crippen LogP contribution in [0.25, 0.3) is 20.2 Å². The summed E-state index contributed by atoms with van der Waals surface area (Å²) in [5.74, 6) is 0.263. The van der Waals surface area contributed by atoms with E-state index in [9.17, 15) is 14.4 Å². The van der Waals surface area contributed by atoms with Crippen molar-refractivity contribution in [1.29, 1.82) is 0 Å². The predicted octanol–water partition coefficient (Wildman–Crippen LogP) is 12.8. The van der Waals surface area contributed by atoms with Crippen LogP contribution in [0.15, 0.2) is 144 Å². The Bertz CT molecular complexity index is 2750. The summed E-state index contributed by atoms with van der Waals surface area (Å²) in [5.41, 5.74) is 9.10. The fourth-order valence-corrected chi connectivity index (χ4v) is 10.6. The van der Waals surface area contributed by atoms with Gasteiger partial charge in [-0.2, -0.15) is 0 Å². The summed E-state index contributed by atoms with van der Waals surface area (Å²) >= 11 is 1.74. The highest BCUT2D eigenvalue weighted by molar-refractivity contribution is 7.24. The molecule has 1 aliphatic heterocycles. The van der Waals surface area contributed by atoms with Crippen molar-refractivity contribution in [3.05, 3.63) is 183 Å². The number of aryl methyl sites for hydroxylation is 2. The zero-order valence-corrected chi connectivity index (χ0v) is 43.9. The van der Waals surface area contributed by atoms with Crippen molar-refractivity contribution in [3.63, 3.8) is 0 Å². The molecule has 0 spiro atoms. The molecular formula is C61H74N4O4S. The number of hydrogen-bond acceptors (Lipinski definition) is 9. The van der Waals surface area contributed by atoms with Gasteiger partial charge in [0.25, 0.3) is 0 Å². The minimum absolute atomic E-state index is 0.0761. The standard InChI is InChI=1S/C23H30N2O2.C21H28N2O.C17H16OS/c1-4-23(24(2)3,18-19-8-6-5-7-9-19)22(26)20-10-12-21(13-11-20)25-14-16-27-17-15-25;1-5-22(6-2)19-13-9-17(10-14-19)21(24)18-11-15-20(16-12-18)23(7-3)8-4;1-3-11-9-12(4-2)17-14(10-11)16(18)13-7-5-6-8-15(13)19-17/h5-13H,4,14-18H2,1-3H3;9-16H,5-8H2,1-4H3;5-10H,3-4H2,1-2H3. The normalized spacial score (nSPS) is 13.2. The maximum atomic E-state index is 13.6. The molecule has 368 valence electrons. The van der Waals surface area contributed by atoms with Gasteiger partial charge in [-0.3, -0.25) is 19.3 Å². The number of carbonyl (C=O) groups excluding carboxylic acids is 2. The molecule has 6 aromatic carbocycles. The van der Waals surface area contributed by atoms with Crippen molar-refractivity contribution in [1.82, 2.24) is 4.90 Å². The minimum atomic E-state index is -0.540. The average Bonchev–Trinajstić information content (AvgIpc) is 3.41. The Balaban J connectivity index is 0.000000175. The first-order chi connectivity index (χ1) is 33.9. The van der Waals surface area contributed by atoms with Gasteiger partial charge >= 0.3 is 0 Å². The molecule has 0 aliphatic carbocycles. The van der Waals surface area contributed by atoms with Gasteiger partial charge in [-0.15, -0.1) is 11.3 Å². The van der Waals surface area contributed by atoms with Crippen LogP contribution < -0.4 is 20.1 Å². The van der Waals surface area contributed by atoms with E-state index in [4.69, 9.17) is 4.74 Å². The highest BCUT2D eigenvalue weighted by Gasteiger charge is 2.39. The Morgan fingerprint density at radius 1 is 0.600 bits per heavy atom. The van der Waals surface area contributed by atoms with Crippen LogP contribution in [-0.4, -0.2) is 88.6 Å². The van der Waals surface area contributed by atoms with E-state index >= 15 is 0 Å². The third-order valence-electron chi connectivity index (χ3n) is 13.8. The van der Waals surface area contributed by atoms with Gasteiger partial charge in [0, 0.05) is 93.2 Å². The Morgan fingerprint density at radius 2 is 1.13 bits per heavy atom. The van der Waals surface area contributed by atoms with Gasteiger partial charge in [0.2, 0.25) is 0 Å². The number of morpholine rings is 1. The molecule has 1 aromatic heterocycles. The molecule has 0 N–H and O–H groups in total. The van der Waals surface area contributed by atoms with Crippen LogP contribution in [0.4, 0.5) is 17.1 Å². The van der Waals surface area contributed by atoms with Gasteiger partial charge in [0.15, 0.2) is 17.0 Å². The Labute approximate surface area is 421 Å². The lowest BCUT2D eigenvalue weighted by molar-refractivity contribution is 0.0666. The zero-order valence-electron chi connectivity index (χ0n) is 43.1. The zero-order chi connectivity index (χ0) is 50.2. The largest absolute Gasteiger partial charge is 0.378 e. The first-order valence-electron chi connectivity index (χ1n) is 25.4. The molecule has 8 nitrogen and oxygen atoms in total. The van der Waals surface area contributed by atoms with Gasteiger partial charge in [-0.25, -0.2) is 0 Å². The minimum Gasteiger partial charge on any atom is -0.378 e. The summed E-state index contributed by atoms with van der Waals surface area (Å²) in [6, 6.07) is 46.4. The SMILES string of the molecule is CCC(Cc1ccccc1)(C(=O)c1ccc(N2CCOCC2)cc1)N(C)C.CCN(CC)c1ccc(C(=O)c2ccc(N(CC)CC)cc2)cc1.CCc1cc(CC)c2sc3ccccc3c(=O)c2c1. The smallest absolute Gasteiger partial charge is 0.195 e. The van der Waals surface area contributed by atoms with Crippen molar-refractivity contribution < 1.29 is 14.3 Å². The summed E-state index contributed by atoms with van der Waals surface area (Å²) in [6.45, 7) is 22.1. The third-order valence-corrected chi connectivity index (χ3v) is 15.1. The van der Waals surface area contributed by atoms with Crippen molar-refractivity contribution in [3.8, 4) is 0 Å². The Morgan fingerprint density at radius 3 is 1.63 bits per heavy atom. The molecule has 9 heteroatoms. The predicted molar refractivity (Wildman–Crippen MR) is 298 cm³/mol. The highest BCUT2D eigenvalue weighted by Crippen LogP contribution is 2.31. The summed E-state index contributed by atoms with van der Waals surface area (Å²) in [7, 11) is 4.01. The lowest BCUT2D eigenvalue weighted by Gasteiger charge is -2.38. The number of likely N-dealkylation sites (N-methyl/N-ethyl adjacent to an activating group) is 1. The van der Waals surface area contributed by atoms with Crippen LogP contribution >= 0.6 is 11.3 Å². The Hall–Kier alpha value is -6.13. The van der Waals surface area contributed by atoms with Gasteiger partial charge in [0.1, 0.15) is 0 Å². The molecule has 1 unspecified atom stereocenters. The summed E-state index contributed by atoms with van der Waals surface area (Å²) in [4.78, 5) is 47.8. The van der Waals surface area contributed by atoms with E-state index < -0.39 is 5.54 Å². The molecule has 8 rings (SSSR count). The van der Waals surface area contributed by atoms with E-state index in [-0.39, 0.29) is 17.0 Å². The Kier molecular flexibility index (Phi) is 19.5. The second kappa shape index (κ2) is 25.6. The number of anilines is 3. The van der Waals surface area contributed by atoms with Crippen molar-refractivity contribution in [2.75, 3.05) is 81.3 Å². The molecule has 1 saturated heterocycles. The molecule has 0 amide bonds. The van der Waals surface area contributed by atoms with E-state index in [0.29, 0.717) is 6.42 Å². The number of hydrogen-bond donors (Lipinski definition) is 0. The van der Waals surface area contributed by atoms with Crippen LogP contribution in [0, 0.1) is 0 Å². The third kappa shape index (κ3) is 12.6. The van der Waals surface area contributed by atoms with Crippen molar-refractivity contribution >= 4 is 60.1 Å². The van der Waals surface area contributed by atoms with Crippen LogP contribution in [0.2, 0.25) is 0 Å². The van der Waals surface area contributed by atoms with Gasteiger partial charge in [0.05, 0.1) is 18.8 Å². The number of ketones is 2. The number of ether oxygens (including phenoxy) is 1. The molecule has 2 heterocycles. The van der Waals surface area contributed by atoms with E-state index in [1.165, 1.54) is 16.7 Å². The number of benzene rings is 6. The van der Waals surface area contributed by atoms with E-state index in [2.05, 4.69) is 104 Å². The second-order valence-electron chi connectivity index (χ2n) is 18.0. The molecule has 1 aliphatic rings. The highest BCUT2D eigenvalue weighted by atomic mass is 32.1. The van der Waals surface area contributed by atoms with Gasteiger partial charge < -0.3 is 19.4 Å². The van der Waals surface area contributed by atoms with Crippen LogP contribution in [-0.2, 0) is 24.0 Å². The maximum Gasteiger partial charge on any atom is 0.195 e. The van der Waals surface area contributed by atoms with Gasteiger partial charge in [-0.1, -0.05) is 69.3 Å². The summed E-state index contributed by atoms with van der Waals surface area (Å²) in [5, 5.41) is 1.73. The lowest BCUT2D eigenvalue weighted by Crippen LogP contribution is -2.52. The van der Waals surface area contributed by atoms with E-state index in [0.717, 1.165) is 126 Å². The van der Waals surface area contributed by atoms with Crippen molar-refractivity contribution in [2.45, 2.75) is 79.7 Å². The molecule has 1 atom stereocenters. The summed E-state index contributed by atoms with van der Waals surface area (Å²) < 4.78 is 7.66. The molecule has 7 aromatic rings. The molecule has 0 bridgehead atoms. The molecule has 0 radical (unpaired) electrons. The fraction of sp³-hybridized carbons (Fsp3) is 0.361. The van der Waals surface area contributed by atoms with E-state index in [1.807, 2.05) is 117 Å². The number of rotatable bonds is 17. The fourth-order valence-electron chi connectivity index (χ4n) is 9.39. The quantitative estimate of drug-likeness (QED) is 0.0660. The average molecular weight is 959 g/mol. The number of Topliss-reactive ketones (excluding diaryl/α,β-unsaturated/α-hetero) is 1. The van der Waals surface area contributed by atoms with Crippen LogP contribution in [0.1, 0.15) is 97.9 Å². The summed E-state index contributed by atoms with van der Waals surface area (Å²) in [6.07, 6.45) is 3.42. The first kappa shape index (κ1) is 53.2. The van der Waals surface area contributed by atoms with Crippen molar-refractivity contribution in [2.24, 2.45) is 0 Å². The number of fused-ring (bicyclic) bond motifs is 2. The van der Waals surface area contributed by atoms with Crippen LogP contribution in [0.3, 0.4) is 0 Å². The van der Waals surface area contributed by atoms with Crippen LogP contribution in [0.5, 0.6) is 0 Å². The second-order valence-corrected chi connectivity index (χ2v) is 19.0. The maximum absolute atomic E-state index is 13.6. The number of carbonyl (C=O) groups is 2. The molecule has 70 heavy (non-hydrogen) atoms. The number of nitrogens with zero attached hydrogens (tertiary/aromatic N) is 4. The lowest BCUT2D eigenvalue weighted by atomic mass is 9.80. The molecule has 1 fully saturated rings. The monoisotopic (exact) mass is 959 g/mol.